The number of fused-ring (bicyclic) bond motifs is 1. The molecule has 7 heteroatoms. The Balaban J connectivity index is 1.56. The van der Waals surface area contributed by atoms with Gasteiger partial charge in [0.2, 0.25) is 0 Å². The summed E-state index contributed by atoms with van der Waals surface area (Å²) in [5.74, 6) is 0. The van der Waals surface area contributed by atoms with Gasteiger partial charge in [-0.2, -0.15) is 0 Å². The summed E-state index contributed by atoms with van der Waals surface area (Å²) >= 11 is 11.8. The average Bonchev–Trinajstić information content (AvgIpc) is 2.87. The fourth-order valence-electron chi connectivity index (χ4n) is 2.71. The van der Waals surface area contributed by atoms with Crippen LogP contribution < -0.4 is 5.32 Å². The molecule has 1 aromatic rings. The van der Waals surface area contributed by atoms with Gasteiger partial charge in [-0.15, -0.1) is 10.2 Å². The molecule has 3 heterocycles. The van der Waals surface area contributed by atoms with Crippen LogP contribution in [-0.2, 0) is 4.74 Å². The zero-order chi connectivity index (χ0) is 13.2. The van der Waals surface area contributed by atoms with Crippen LogP contribution in [0.5, 0.6) is 0 Å². The molecule has 2 atom stereocenters. The van der Waals surface area contributed by atoms with Crippen LogP contribution in [0.4, 0.5) is 5.69 Å². The molecule has 0 saturated carbocycles. The van der Waals surface area contributed by atoms with E-state index in [9.17, 15) is 0 Å². The Kier molecular flexibility index (Phi) is 4.07. The summed E-state index contributed by atoms with van der Waals surface area (Å²) in [4.78, 5) is 2.51. The Morgan fingerprint density at radius 2 is 2.32 bits per heavy atom. The molecule has 0 amide bonds. The monoisotopic (exact) mass is 302 g/mol. The van der Waals surface area contributed by atoms with Crippen molar-refractivity contribution in [1.82, 2.24) is 15.1 Å². The summed E-state index contributed by atoms with van der Waals surface area (Å²) in [5, 5.41) is 11.3. The van der Waals surface area contributed by atoms with Crippen LogP contribution >= 0.6 is 23.2 Å². The number of ether oxygens (including phenoxy) is 1. The van der Waals surface area contributed by atoms with Crippen LogP contribution in [-0.4, -0.2) is 53.5 Å². The summed E-state index contributed by atoms with van der Waals surface area (Å²) in [6.45, 7) is 3.69. The van der Waals surface area contributed by atoms with Crippen molar-refractivity contribution in [2.75, 3.05) is 31.6 Å². The summed E-state index contributed by atoms with van der Waals surface area (Å²) < 4.78 is 5.87. The molecule has 3 rings (SSSR count). The lowest BCUT2D eigenvalue weighted by Crippen LogP contribution is -2.48. The third-order valence-electron chi connectivity index (χ3n) is 3.70. The lowest BCUT2D eigenvalue weighted by Gasteiger charge is -2.35. The van der Waals surface area contributed by atoms with Gasteiger partial charge in [0.15, 0.2) is 10.3 Å². The van der Waals surface area contributed by atoms with E-state index in [1.807, 2.05) is 0 Å². The van der Waals surface area contributed by atoms with Crippen LogP contribution in [0.25, 0.3) is 0 Å². The van der Waals surface area contributed by atoms with Crippen LogP contribution in [0.2, 0.25) is 10.3 Å². The standard InChI is InChI=1S/C12H16Cl2N4O/c13-11-4-10(12(14)17-16-11)15-5-9-6-18-3-1-2-8(18)7-19-9/h4,8-9H,1-3,5-7H2,(H,15,16). The Morgan fingerprint density at radius 3 is 3.21 bits per heavy atom. The molecule has 2 unspecified atom stereocenters. The van der Waals surface area contributed by atoms with E-state index in [2.05, 4.69) is 20.4 Å². The normalized spacial score (nSPS) is 27.3. The molecule has 0 aromatic carbocycles. The molecular weight excluding hydrogens is 287 g/mol. The quantitative estimate of drug-likeness (QED) is 0.926. The van der Waals surface area contributed by atoms with Crippen LogP contribution in [0.1, 0.15) is 12.8 Å². The molecular formula is C12H16Cl2N4O. The van der Waals surface area contributed by atoms with Crippen molar-refractivity contribution in [3.63, 3.8) is 0 Å². The van der Waals surface area contributed by atoms with Gasteiger partial charge < -0.3 is 10.1 Å². The van der Waals surface area contributed by atoms with Crippen molar-refractivity contribution >= 4 is 28.9 Å². The van der Waals surface area contributed by atoms with Gasteiger partial charge in [0.05, 0.1) is 18.4 Å². The van der Waals surface area contributed by atoms with Crippen molar-refractivity contribution in [1.29, 1.82) is 0 Å². The first-order valence-corrected chi connectivity index (χ1v) is 7.26. The second-order valence-electron chi connectivity index (χ2n) is 5.00. The number of hydrogen-bond acceptors (Lipinski definition) is 5. The highest BCUT2D eigenvalue weighted by atomic mass is 35.5. The molecule has 1 N–H and O–H groups in total. The molecule has 0 radical (unpaired) electrons. The number of morpholine rings is 1. The predicted molar refractivity (Wildman–Crippen MR) is 74.9 cm³/mol. The first-order chi connectivity index (χ1) is 9.22. The number of aromatic nitrogens is 2. The maximum atomic E-state index is 5.96. The van der Waals surface area contributed by atoms with Crippen molar-refractivity contribution in [2.24, 2.45) is 0 Å². The largest absolute Gasteiger partial charge is 0.380 e. The molecule has 104 valence electrons. The number of rotatable bonds is 3. The smallest absolute Gasteiger partial charge is 0.174 e. The Bertz CT molecular complexity index is 459. The summed E-state index contributed by atoms with van der Waals surface area (Å²) in [7, 11) is 0. The fourth-order valence-corrected chi connectivity index (χ4v) is 3.02. The van der Waals surface area contributed by atoms with E-state index in [-0.39, 0.29) is 6.10 Å². The number of nitrogens with one attached hydrogen (secondary N) is 1. The summed E-state index contributed by atoms with van der Waals surface area (Å²) in [6, 6.07) is 2.30. The first-order valence-electron chi connectivity index (χ1n) is 6.50. The van der Waals surface area contributed by atoms with E-state index >= 15 is 0 Å². The zero-order valence-corrected chi connectivity index (χ0v) is 12.0. The van der Waals surface area contributed by atoms with E-state index in [4.69, 9.17) is 27.9 Å². The Labute approximate surface area is 122 Å². The van der Waals surface area contributed by atoms with Gasteiger partial charge in [-0.25, -0.2) is 0 Å². The molecule has 2 fully saturated rings. The van der Waals surface area contributed by atoms with Crippen LogP contribution in [0.3, 0.4) is 0 Å². The maximum Gasteiger partial charge on any atom is 0.174 e. The van der Waals surface area contributed by atoms with E-state index in [1.165, 1.54) is 19.4 Å². The van der Waals surface area contributed by atoms with Gasteiger partial charge in [-0.3, -0.25) is 4.90 Å². The molecule has 2 saturated heterocycles. The second kappa shape index (κ2) is 5.79. The number of hydrogen-bond donors (Lipinski definition) is 1. The molecule has 19 heavy (non-hydrogen) atoms. The summed E-state index contributed by atoms with van der Waals surface area (Å²) in [6.07, 6.45) is 2.72. The minimum Gasteiger partial charge on any atom is -0.380 e. The zero-order valence-electron chi connectivity index (χ0n) is 10.5. The number of anilines is 1. The lowest BCUT2D eigenvalue weighted by molar-refractivity contribution is -0.0415. The van der Waals surface area contributed by atoms with Gasteiger partial charge in [0.25, 0.3) is 0 Å². The van der Waals surface area contributed by atoms with Crippen molar-refractivity contribution in [2.45, 2.75) is 25.0 Å². The van der Waals surface area contributed by atoms with E-state index < -0.39 is 0 Å². The van der Waals surface area contributed by atoms with Crippen LogP contribution in [0, 0.1) is 0 Å². The maximum absolute atomic E-state index is 5.96. The molecule has 5 nitrogen and oxygen atoms in total. The van der Waals surface area contributed by atoms with Gasteiger partial charge in [-0.1, -0.05) is 23.2 Å². The molecule has 2 aliphatic heterocycles. The third kappa shape index (κ3) is 3.11. The molecule has 0 aliphatic carbocycles. The average molecular weight is 303 g/mol. The SMILES string of the molecule is Clc1cc(NCC2CN3CCCC3CO2)c(Cl)nn1. The number of nitrogens with zero attached hydrogens (tertiary/aromatic N) is 3. The minimum absolute atomic E-state index is 0.178. The third-order valence-corrected chi connectivity index (χ3v) is 4.16. The van der Waals surface area contributed by atoms with Crippen molar-refractivity contribution in [3.8, 4) is 0 Å². The lowest BCUT2D eigenvalue weighted by atomic mass is 10.2. The van der Waals surface area contributed by atoms with E-state index in [0.29, 0.717) is 28.6 Å². The van der Waals surface area contributed by atoms with Gasteiger partial charge in [-0.05, 0) is 19.4 Å². The molecule has 0 spiro atoms. The van der Waals surface area contributed by atoms with Gasteiger partial charge >= 0.3 is 0 Å². The fraction of sp³-hybridized carbons (Fsp3) is 0.667. The van der Waals surface area contributed by atoms with E-state index in [0.717, 1.165) is 13.2 Å². The highest BCUT2D eigenvalue weighted by molar-refractivity contribution is 6.33. The highest BCUT2D eigenvalue weighted by Gasteiger charge is 2.32. The number of halogens is 2. The second-order valence-corrected chi connectivity index (χ2v) is 5.74. The Hall–Kier alpha value is -0.620. The predicted octanol–water partition coefficient (Wildman–Crippen LogP) is 2.06. The van der Waals surface area contributed by atoms with Gasteiger partial charge in [0, 0.05) is 25.2 Å². The van der Waals surface area contributed by atoms with Crippen LogP contribution in [0.15, 0.2) is 6.07 Å². The topological polar surface area (TPSA) is 50.3 Å². The first kappa shape index (κ1) is 13.4. The molecule has 1 aromatic heterocycles. The van der Waals surface area contributed by atoms with Crippen molar-refractivity contribution in [3.05, 3.63) is 16.4 Å². The van der Waals surface area contributed by atoms with E-state index in [1.54, 1.807) is 6.07 Å². The summed E-state index contributed by atoms with van der Waals surface area (Å²) in [5.41, 5.74) is 0.703. The highest BCUT2D eigenvalue weighted by Crippen LogP contribution is 2.24. The molecule has 0 bridgehead atoms. The minimum atomic E-state index is 0.178. The van der Waals surface area contributed by atoms with Gasteiger partial charge in [0.1, 0.15) is 0 Å². The molecule has 2 aliphatic rings. The van der Waals surface area contributed by atoms with Crippen molar-refractivity contribution < 1.29 is 4.74 Å². The Morgan fingerprint density at radius 1 is 1.42 bits per heavy atom.